The second-order valence-electron chi connectivity index (χ2n) is 8.42. The second kappa shape index (κ2) is 9.98. The van der Waals surface area contributed by atoms with Crippen molar-refractivity contribution in [2.45, 2.75) is 62.1 Å². The summed E-state index contributed by atoms with van der Waals surface area (Å²) >= 11 is 1.74. The van der Waals surface area contributed by atoms with E-state index in [1.165, 1.54) is 43.4 Å². The van der Waals surface area contributed by atoms with Crippen LogP contribution in [-0.2, 0) is 11.3 Å². The van der Waals surface area contributed by atoms with Crippen LogP contribution in [-0.4, -0.2) is 47.3 Å². The van der Waals surface area contributed by atoms with Crippen LogP contribution < -0.4 is 10.2 Å². The zero-order valence-corrected chi connectivity index (χ0v) is 18.9. The van der Waals surface area contributed by atoms with Crippen molar-refractivity contribution in [2.75, 3.05) is 31.3 Å². The SMILES string of the molecule is C=CCn1c(SCC2CNC(c3ccc(N(C)C)cc3)O2)nnc1C1CCCCC1. The monoisotopic (exact) mass is 427 g/mol. The average Bonchev–Trinajstić information content (AvgIpc) is 3.40. The predicted molar refractivity (Wildman–Crippen MR) is 123 cm³/mol. The Labute approximate surface area is 184 Å². The smallest absolute Gasteiger partial charge is 0.191 e. The summed E-state index contributed by atoms with van der Waals surface area (Å²) in [4.78, 5) is 2.10. The van der Waals surface area contributed by atoms with E-state index in [-0.39, 0.29) is 12.3 Å². The van der Waals surface area contributed by atoms with Gasteiger partial charge in [0.05, 0.1) is 6.10 Å². The van der Waals surface area contributed by atoms with Gasteiger partial charge in [0.15, 0.2) is 5.16 Å². The van der Waals surface area contributed by atoms with Gasteiger partial charge in [-0.1, -0.05) is 49.2 Å². The van der Waals surface area contributed by atoms with Crippen LogP contribution in [0.2, 0.25) is 0 Å². The third-order valence-electron chi connectivity index (χ3n) is 6.00. The summed E-state index contributed by atoms with van der Waals surface area (Å²) in [6.45, 7) is 5.55. The Balaban J connectivity index is 1.35. The van der Waals surface area contributed by atoms with Gasteiger partial charge in [-0.3, -0.25) is 5.32 Å². The Hall–Kier alpha value is -1.83. The molecule has 0 radical (unpaired) electrons. The van der Waals surface area contributed by atoms with E-state index in [9.17, 15) is 0 Å². The van der Waals surface area contributed by atoms with Gasteiger partial charge in [-0.05, 0) is 30.5 Å². The zero-order chi connectivity index (χ0) is 20.9. The molecule has 1 saturated carbocycles. The number of ether oxygens (including phenoxy) is 1. The van der Waals surface area contributed by atoms with Crippen LogP contribution in [0.1, 0.15) is 55.6 Å². The summed E-state index contributed by atoms with van der Waals surface area (Å²) in [5.74, 6) is 2.54. The van der Waals surface area contributed by atoms with Crippen LogP contribution in [0.25, 0.3) is 0 Å². The highest BCUT2D eigenvalue weighted by Gasteiger charge is 2.28. The minimum Gasteiger partial charge on any atom is -0.378 e. The molecule has 1 N–H and O–H groups in total. The molecule has 30 heavy (non-hydrogen) atoms. The number of aromatic nitrogens is 3. The molecular formula is C23H33N5OS. The van der Waals surface area contributed by atoms with Crippen molar-refractivity contribution in [3.63, 3.8) is 0 Å². The molecule has 162 valence electrons. The van der Waals surface area contributed by atoms with E-state index in [1.807, 2.05) is 6.08 Å². The minimum absolute atomic E-state index is 0.0457. The van der Waals surface area contributed by atoms with Crippen LogP contribution >= 0.6 is 11.8 Å². The first-order chi connectivity index (χ1) is 14.7. The number of hydrogen-bond donors (Lipinski definition) is 1. The Morgan fingerprint density at radius 1 is 1.20 bits per heavy atom. The Morgan fingerprint density at radius 2 is 1.97 bits per heavy atom. The number of rotatable bonds is 8. The number of thioether (sulfide) groups is 1. The molecule has 1 aliphatic carbocycles. The van der Waals surface area contributed by atoms with Crippen LogP contribution in [0.4, 0.5) is 5.69 Å². The lowest BCUT2D eigenvalue weighted by Gasteiger charge is -2.21. The van der Waals surface area contributed by atoms with Crippen LogP contribution in [0.5, 0.6) is 0 Å². The van der Waals surface area contributed by atoms with Gasteiger partial charge in [-0.2, -0.15) is 0 Å². The van der Waals surface area contributed by atoms with Crippen molar-refractivity contribution in [2.24, 2.45) is 0 Å². The van der Waals surface area contributed by atoms with Gasteiger partial charge in [-0.15, -0.1) is 16.8 Å². The first-order valence-corrected chi connectivity index (χ1v) is 12.0. The van der Waals surface area contributed by atoms with Gasteiger partial charge in [0.25, 0.3) is 0 Å². The third kappa shape index (κ3) is 4.90. The summed E-state index contributed by atoms with van der Waals surface area (Å²) in [7, 11) is 4.11. The fraction of sp³-hybridized carbons (Fsp3) is 0.565. The summed E-state index contributed by atoms with van der Waals surface area (Å²) in [5, 5.41) is 13.6. The Kier molecular flexibility index (Phi) is 7.12. The van der Waals surface area contributed by atoms with Crippen LogP contribution in [0, 0.1) is 0 Å². The number of hydrogen-bond acceptors (Lipinski definition) is 6. The molecule has 1 saturated heterocycles. The molecule has 1 aromatic carbocycles. The van der Waals surface area contributed by atoms with Crippen LogP contribution in [0.3, 0.4) is 0 Å². The molecular weight excluding hydrogens is 394 g/mol. The van der Waals surface area contributed by atoms with Crippen molar-refractivity contribution in [3.05, 3.63) is 48.3 Å². The zero-order valence-electron chi connectivity index (χ0n) is 18.1. The number of benzene rings is 1. The van der Waals surface area contributed by atoms with Gasteiger partial charge in [0, 0.05) is 44.5 Å². The highest BCUT2D eigenvalue weighted by Crippen LogP contribution is 2.34. The molecule has 0 spiro atoms. The summed E-state index contributed by atoms with van der Waals surface area (Å²) in [6.07, 6.45) is 8.45. The maximum absolute atomic E-state index is 6.27. The molecule has 2 atom stereocenters. The van der Waals surface area contributed by atoms with E-state index in [4.69, 9.17) is 4.74 Å². The summed E-state index contributed by atoms with van der Waals surface area (Å²) in [6, 6.07) is 8.54. The molecule has 1 aliphatic heterocycles. The standard InChI is InChI=1S/C23H33N5OS/c1-4-14-28-21(17-8-6-5-7-9-17)25-26-23(28)30-16-20-15-24-22(29-20)18-10-12-19(13-11-18)27(2)3/h4,10-13,17,20,22,24H,1,5-9,14-16H2,2-3H3. The number of anilines is 1. The largest absolute Gasteiger partial charge is 0.378 e. The quantitative estimate of drug-likeness (QED) is 0.499. The molecule has 2 fully saturated rings. The molecule has 2 unspecified atom stereocenters. The van der Waals surface area contributed by atoms with Gasteiger partial charge < -0.3 is 14.2 Å². The molecule has 4 rings (SSSR count). The number of nitrogens with zero attached hydrogens (tertiary/aromatic N) is 4. The Morgan fingerprint density at radius 3 is 2.67 bits per heavy atom. The highest BCUT2D eigenvalue weighted by molar-refractivity contribution is 7.99. The first-order valence-electron chi connectivity index (χ1n) is 11.0. The first kappa shape index (κ1) is 21.4. The molecule has 7 heteroatoms. The van der Waals surface area contributed by atoms with Crippen LogP contribution in [0.15, 0.2) is 42.1 Å². The fourth-order valence-corrected chi connectivity index (χ4v) is 5.26. The Bertz CT molecular complexity index is 829. The lowest BCUT2D eigenvalue weighted by atomic mass is 9.89. The van der Waals surface area contributed by atoms with Crippen molar-refractivity contribution in [3.8, 4) is 0 Å². The predicted octanol–water partition coefficient (Wildman–Crippen LogP) is 4.36. The second-order valence-corrected chi connectivity index (χ2v) is 9.41. The molecule has 2 aliphatic rings. The highest BCUT2D eigenvalue weighted by atomic mass is 32.2. The summed E-state index contributed by atoms with van der Waals surface area (Å²) in [5.41, 5.74) is 2.36. The lowest BCUT2D eigenvalue weighted by molar-refractivity contribution is 0.0534. The van der Waals surface area contributed by atoms with Crippen molar-refractivity contribution in [1.82, 2.24) is 20.1 Å². The topological polar surface area (TPSA) is 55.2 Å². The van der Waals surface area contributed by atoms with E-state index in [0.29, 0.717) is 5.92 Å². The van der Waals surface area contributed by atoms with Crippen molar-refractivity contribution >= 4 is 17.4 Å². The third-order valence-corrected chi connectivity index (χ3v) is 7.10. The number of allylic oxidation sites excluding steroid dienone is 1. The van der Waals surface area contributed by atoms with E-state index in [1.54, 1.807) is 11.8 Å². The maximum Gasteiger partial charge on any atom is 0.191 e. The van der Waals surface area contributed by atoms with Crippen molar-refractivity contribution in [1.29, 1.82) is 0 Å². The minimum atomic E-state index is -0.0457. The summed E-state index contributed by atoms with van der Waals surface area (Å²) < 4.78 is 8.53. The number of nitrogens with one attached hydrogen (secondary N) is 1. The van der Waals surface area contributed by atoms with Gasteiger partial charge in [0.1, 0.15) is 12.1 Å². The molecule has 1 aromatic heterocycles. The lowest BCUT2D eigenvalue weighted by Crippen LogP contribution is -2.17. The van der Waals surface area contributed by atoms with Gasteiger partial charge >= 0.3 is 0 Å². The normalized spacial score (nSPS) is 22.3. The van der Waals surface area contributed by atoms with E-state index in [2.05, 4.69) is 69.9 Å². The molecule has 6 nitrogen and oxygen atoms in total. The van der Waals surface area contributed by atoms with E-state index >= 15 is 0 Å². The molecule has 2 aromatic rings. The fourth-order valence-electron chi connectivity index (χ4n) is 4.31. The maximum atomic E-state index is 6.27. The van der Waals surface area contributed by atoms with E-state index < -0.39 is 0 Å². The molecule has 0 bridgehead atoms. The van der Waals surface area contributed by atoms with Gasteiger partial charge in [-0.25, -0.2) is 0 Å². The van der Waals surface area contributed by atoms with E-state index in [0.717, 1.165) is 29.8 Å². The van der Waals surface area contributed by atoms with Crippen molar-refractivity contribution < 1.29 is 4.74 Å². The van der Waals surface area contributed by atoms with Gasteiger partial charge in [0.2, 0.25) is 0 Å². The molecule has 2 heterocycles. The average molecular weight is 428 g/mol. The molecule has 0 amide bonds.